The average Bonchev–Trinajstić information content (AvgIpc) is 2.75. The van der Waals surface area contributed by atoms with E-state index >= 15 is 0 Å². The van der Waals surface area contributed by atoms with Crippen molar-refractivity contribution in [3.8, 4) is 0 Å². The van der Waals surface area contributed by atoms with Gasteiger partial charge in [-0.3, -0.25) is 4.79 Å². The molecule has 0 amide bonds. The van der Waals surface area contributed by atoms with E-state index in [9.17, 15) is 9.90 Å². The number of rotatable bonds is 4. The topological polar surface area (TPSA) is 42.2 Å². The van der Waals surface area contributed by atoms with Crippen molar-refractivity contribution in [3.05, 3.63) is 70.9 Å². The standard InChI is InChI=1S/C19H19NO2/c1-13-7-3-4-8-15(13)12-20-14(2)17(11-19(21)22)16-9-5-6-10-18(16)20/h3-10H,11-12H2,1-2H3,(H,21,22). The molecule has 1 N–H and O–H groups in total. The molecule has 112 valence electrons. The summed E-state index contributed by atoms with van der Waals surface area (Å²) in [5.74, 6) is -0.790. The van der Waals surface area contributed by atoms with E-state index in [1.807, 2.05) is 37.3 Å². The molecule has 0 bridgehead atoms. The fraction of sp³-hybridized carbons (Fsp3) is 0.211. The molecule has 0 atom stereocenters. The summed E-state index contributed by atoms with van der Waals surface area (Å²) in [6.45, 7) is 4.88. The van der Waals surface area contributed by atoms with Gasteiger partial charge in [0.25, 0.3) is 0 Å². The number of benzene rings is 2. The molecule has 1 heterocycles. The van der Waals surface area contributed by atoms with Crippen molar-refractivity contribution in [2.45, 2.75) is 26.8 Å². The molecule has 0 aliphatic heterocycles. The first-order valence-corrected chi connectivity index (χ1v) is 7.41. The van der Waals surface area contributed by atoms with Gasteiger partial charge >= 0.3 is 5.97 Å². The molecule has 0 radical (unpaired) electrons. The van der Waals surface area contributed by atoms with Crippen molar-refractivity contribution in [3.63, 3.8) is 0 Å². The van der Waals surface area contributed by atoms with Crippen molar-refractivity contribution < 1.29 is 9.90 Å². The van der Waals surface area contributed by atoms with Gasteiger partial charge in [-0.2, -0.15) is 0 Å². The Kier molecular flexibility index (Phi) is 3.72. The average molecular weight is 293 g/mol. The molecule has 1 aromatic heterocycles. The van der Waals surface area contributed by atoms with E-state index in [1.165, 1.54) is 11.1 Å². The SMILES string of the molecule is Cc1ccccc1Cn1c(C)c(CC(=O)O)c2ccccc21. The highest BCUT2D eigenvalue weighted by Crippen LogP contribution is 2.27. The number of fused-ring (bicyclic) bond motifs is 1. The normalized spacial score (nSPS) is 11.0. The molecule has 0 saturated heterocycles. The largest absolute Gasteiger partial charge is 0.481 e. The summed E-state index contributed by atoms with van der Waals surface area (Å²) >= 11 is 0. The lowest BCUT2D eigenvalue weighted by Crippen LogP contribution is -2.05. The third-order valence-corrected chi connectivity index (χ3v) is 4.28. The third kappa shape index (κ3) is 2.50. The van der Waals surface area contributed by atoms with E-state index in [2.05, 4.69) is 29.7 Å². The maximum absolute atomic E-state index is 11.2. The van der Waals surface area contributed by atoms with Crippen LogP contribution in [-0.2, 0) is 17.8 Å². The molecule has 3 nitrogen and oxygen atoms in total. The lowest BCUT2D eigenvalue weighted by molar-refractivity contribution is -0.136. The van der Waals surface area contributed by atoms with Gasteiger partial charge in [0.05, 0.1) is 6.42 Å². The molecule has 3 rings (SSSR count). The summed E-state index contributed by atoms with van der Waals surface area (Å²) in [5.41, 5.74) is 5.55. The number of aryl methyl sites for hydroxylation is 1. The molecule has 0 fully saturated rings. The molecule has 0 saturated carbocycles. The van der Waals surface area contributed by atoms with Crippen LogP contribution in [0, 0.1) is 13.8 Å². The van der Waals surface area contributed by atoms with Gasteiger partial charge < -0.3 is 9.67 Å². The molecular weight excluding hydrogens is 274 g/mol. The van der Waals surface area contributed by atoms with Gasteiger partial charge in [-0.25, -0.2) is 0 Å². The second-order valence-corrected chi connectivity index (χ2v) is 5.66. The van der Waals surface area contributed by atoms with Gasteiger partial charge in [0, 0.05) is 23.1 Å². The lowest BCUT2D eigenvalue weighted by Gasteiger charge is -2.11. The Hall–Kier alpha value is -2.55. The fourth-order valence-corrected chi connectivity index (χ4v) is 3.04. The Bertz CT molecular complexity index is 846. The Morgan fingerprint density at radius 3 is 2.45 bits per heavy atom. The first-order valence-electron chi connectivity index (χ1n) is 7.41. The van der Waals surface area contributed by atoms with E-state index < -0.39 is 5.97 Å². The smallest absolute Gasteiger partial charge is 0.307 e. The van der Waals surface area contributed by atoms with E-state index in [0.29, 0.717) is 0 Å². The van der Waals surface area contributed by atoms with Gasteiger partial charge in [-0.05, 0) is 36.6 Å². The van der Waals surface area contributed by atoms with Crippen molar-refractivity contribution >= 4 is 16.9 Å². The van der Waals surface area contributed by atoms with Gasteiger partial charge in [-0.15, -0.1) is 0 Å². The predicted octanol–water partition coefficient (Wildman–Crippen LogP) is 3.93. The van der Waals surface area contributed by atoms with Gasteiger partial charge in [0.2, 0.25) is 0 Å². The molecule has 0 aliphatic rings. The van der Waals surface area contributed by atoms with Crippen molar-refractivity contribution in [2.24, 2.45) is 0 Å². The van der Waals surface area contributed by atoms with Crippen LogP contribution in [-0.4, -0.2) is 15.6 Å². The Balaban J connectivity index is 2.15. The first-order chi connectivity index (χ1) is 10.6. The van der Waals surface area contributed by atoms with E-state index in [-0.39, 0.29) is 6.42 Å². The molecule has 2 aromatic carbocycles. The minimum Gasteiger partial charge on any atom is -0.481 e. The van der Waals surface area contributed by atoms with Crippen molar-refractivity contribution in [2.75, 3.05) is 0 Å². The summed E-state index contributed by atoms with van der Waals surface area (Å²) in [6.07, 6.45) is 0.0626. The van der Waals surface area contributed by atoms with Crippen LogP contribution in [0.2, 0.25) is 0 Å². The summed E-state index contributed by atoms with van der Waals surface area (Å²) in [4.78, 5) is 11.2. The molecule has 0 spiro atoms. The number of nitrogens with zero attached hydrogens (tertiary/aromatic N) is 1. The van der Waals surface area contributed by atoms with Gasteiger partial charge in [0.1, 0.15) is 0 Å². The number of hydrogen-bond acceptors (Lipinski definition) is 1. The van der Waals surface area contributed by atoms with Crippen LogP contribution in [0.25, 0.3) is 10.9 Å². The van der Waals surface area contributed by atoms with Crippen LogP contribution in [0.3, 0.4) is 0 Å². The monoisotopic (exact) mass is 293 g/mol. The van der Waals surface area contributed by atoms with Crippen LogP contribution in [0.4, 0.5) is 0 Å². The maximum atomic E-state index is 11.2. The zero-order valence-electron chi connectivity index (χ0n) is 12.8. The van der Waals surface area contributed by atoms with E-state index in [4.69, 9.17) is 0 Å². The predicted molar refractivity (Wildman–Crippen MR) is 88.3 cm³/mol. The first kappa shape index (κ1) is 14.4. The molecular formula is C19H19NO2. The van der Waals surface area contributed by atoms with Crippen molar-refractivity contribution in [1.82, 2.24) is 4.57 Å². The molecule has 3 heteroatoms. The van der Waals surface area contributed by atoms with Crippen LogP contribution in [0.5, 0.6) is 0 Å². The van der Waals surface area contributed by atoms with Crippen LogP contribution < -0.4 is 0 Å². The number of aliphatic carboxylic acids is 1. The number of hydrogen-bond donors (Lipinski definition) is 1. The van der Waals surface area contributed by atoms with Crippen molar-refractivity contribution in [1.29, 1.82) is 0 Å². The summed E-state index contributed by atoms with van der Waals surface area (Å²) in [6, 6.07) is 16.3. The summed E-state index contributed by atoms with van der Waals surface area (Å²) in [7, 11) is 0. The highest BCUT2D eigenvalue weighted by Gasteiger charge is 2.16. The third-order valence-electron chi connectivity index (χ3n) is 4.28. The highest BCUT2D eigenvalue weighted by molar-refractivity contribution is 5.89. The van der Waals surface area contributed by atoms with Crippen LogP contribution in [0.1, 0.15) is 22.4 Å². The Labute approximate surface area is 129 Å². The van der Waals surface area contributed by atoms with Crippen LogP contribution in [0.15, 0.2) is 48.5 Å². The zero-order chi connectivity index (χ0) is 15.7. The minimum absolute atomic E-state index is 0.0626. The Morgan fingerprint density at radius 2 is 1.73 bits per heavy atom. The second kappa shape index (κ2) is 5.68. The Morgan fingerprint density at radius 1 is 1.05 bits per heavy atom. The molecule has 0 unspecified atom stereocenters. The summed E-state index contributed by atoms with van der Waals surface area (Å²) < 4.78 is 2.22. The van der Waals surface area contributed by atoms with Gasteiger partial charge in [-0.1, -0.05) is 42.5 Å². The van der Waals surface area contributed by atoms with E-state index in [1.54, 1.807) is 0 Å². The fourth-order valence-electron chi connectivity index (χ4n) is 3.04. The number of carbonyl (C=O) groups is 1. The zero-order valence-corrected chi connectivity index (χ0v) is 12.8. The van der Waals surface area contributed by atoms with Gasteiger partial charge in [0.15, 0.2) is 0 Å². The number of carboxylic acids is 1. The minimum atomic E-state index is -0.790. The second-order valence-electron chi connectivity index (χ2n) is 5.66. The number of aromatic nitrogens is 1. The molecule has 22 heavy (non-hydrogen) atoms. The molecule has 0 aliphatic carbocycles. The number of para-hydroxylation sites is 1. The summed E-state index contributed by atoms with van der Waals surface area (Å²) in [5, 5.41) is 10.2. The highest BCUT2D eigenvalue weighted by atomic mass is 16.4. The quantitative estimate of drug-likeness (QED) is 0.792. The molecule has 3 aromatic rings. The van der Waals surface area contributed by atoms with Crippen LogP contribution >= 0.6 is 0 Å². The number of carboxylic acid groups (broad SMARTS) is 1. The van der Waals surface area contributed by atoms with E-state index in [0.717, 1.165) is 28.7 Å². The maximum Gasteiger partial charge on any atom is 0.307 e. The lowest BCUT2D eigenvalue weighted by atomic mass is 10.1.